The second kappa shape index (κ2) is 6.74. The molecule has 0 aliphatic carbocycles. The number of nitrogens with one attached hydrogen (secondary N) is 1. The van der Waals surface area contributed by atoms with E-state index < -0.39 is 17.6 Å². The number of nitrogens with zero attached hydrogens (tertiary/aromatic N) is 1. The van der Waals surface area contributed by atoms with Gasteiger partial charge < -0.3 is 0 Å². The van der Waals surface area contributed by atoms with Crippen molar-refractivity contribution < 1.29 is 18.0 Å². The first-order valence-corrected chi connectivity index (χ1v) is 6.92. The number of alkyl halides is 3. The number of carbonyl (C=O) groups is 1. The Morgan fingerprint density at radius 2 is 1.64 bits per heavy atom. The molecule has 0 aliphatic rings. The third kappa shape index (κ3) is 4.42. The Morgan fingerprint density at radius 3 is 2.18 bits per heavy atom. The van der Waals surface area contributed by atoms with Gasteiger partial charge in [-0.05, 0) is 42.0 Å². The second-order valence-corrected chi connectivity index (χ2v) is 5.24. The lowest BCUT2D eigenvalue weighted by molar-refractivity contribution is -0.137. The van der Waals surface area contributed by atoms with Crippen molar-refractivity contribution in [2.45, 2.75) is 6.18 Å². The lowest BCUT2D eigenvalue weighted by Crippen LogP contribution is -2.17. The highest BCUT2D eigenvalue weighted by atomic mass is 79.9. The summed E-state index contributed by atoms with van der Waals surface area (Å²) in [5.74, 6) is -0.581. The highest BCUT2D eigenvalue weighted by Gasteiger charge is 2.30. The zero-order valence-corrected chi connectivity index (χ0v) is 12.6. The minimum Gasteiger partial charge on any atom is -0.267 e. The number of rotatable bonds is 3. The van der Waals surface area contributed by atoms with E-state index in [1.807, 2.05) is 12.1 Å². The molecule has 0 spiro atoms. The molecule has 2 rings (SSSR count). The largest absolute Gasteiger partial charge is 0.416 e. The monoisotopic (exact) mass is 370 g/mol. The predicted molar refractivity (Wildman–Crippen MR) is 80.6 cm³/mol. The average molecular weight is 371 g/mol. The smallest absolute Gasteiger partial charge is 0.267 e. The molecule has 0 heterocycles. The summed E-state index contributed by atoms with van der Waals surface area (Å²) in [7, 11) is 0. The van der Waals surface area contributed by atoms with Crippen molar-refractivity contribution in [2.75, 3.05) is 0 Å². The lowest BCUT2D eigenvalue weighted by atomic mass is 10.1. The molecule has 0 bridgehead atoms. The summed E-state index contributed by atoms with van der Waals surface area (Å²) in [6, 6.07) is 11.1. The molecule has 0 fully saturated rings. The fourth-order valence-electron chi connectivity index (χ4n) is 1.59. The molecule has 2 aromatic carbocycles. The fourth-order valence-corrected chi connectivity index (χ4v) is 1.85. The number of halogens is 4. The van der Waals surface area contributed by atoms with Gasteiger partial charge in [-0.3, -0.25) is 4.79 Å². The van der Waals surface area contributed by atoms with E-state index in [2.05, 4.69) is 26.5 Å². The van der Waals surface area contributed by atoms with Crippen molar-refractivity contribution in [3.05, 3.63) is 69.7 Å². The third-order valence-electron chi connectivity index (χ3n) is 2.72. The third-order valence-corrected chi connectivity index (χ3v) is 3.25. The summed E-state index contributed by atoms with van der Waals surface area (Å²) in [5, 5.41) is 3.76. The number of hydrogen-bond donors (Lipinski definition) is 1. The van der Waals surface area contributed by atoms with Crippen LogP contribution in [0, 0.1) is 0 Å². The highest BCUT2D eigenvalue weighted by Crippen LogP contribution is 2.29. The molecule has 0 aromatic heterocycles. The van der Waals surface area contributed by atoms with Gasteiger partial charge in [0.2, 0.25) is 0 Å². The normalized spacial score (nSPS) is 11.6. The van der Waals surface area contributed by atoms with Crippen LogP contribution >= 0.6 is 15.9 Å². The number of hydrogen-bond acceptors (Lipinski definition) is 2. The minimum absolute atomic E-state index is 0.0981. The van der Waals surface area contributed by atoms with E-state index in [1.165, 1.54) is 6.21 Å². The Labute approximate surface area is 133 Å². The number of amides is 1. The van der Waals surface area contributed by atoms with Gasteiger partial charge in [0.25, 0.3) is 5.91 Å². The summed E-state index contributed by atoms with van der Waals surface area (Å²) in [5.41, 5.74) is 2.33. The summed E-state index contributed by atoms with van der Waals surface area (Å²) in [4.78, 5) is 11.7. The van der Waals surface area contributed by atoms with Crippen molar-refractivity contribution in [3.63, 3.8) is 0 Å². The van der Waals surface area contributed by atoms with E-state index in [1.54, 1.807) is 12.1 Å². The Kier molecular flexibility index (Phi) is 4.97. The van der Waals surface area contributed by atoms with Crippen LogP contribution in [0.4, 0.5) is 13.2 Å². The fraction of sp³-hybridized carbons (Fsp3) is 0.0667. The number of benzene rings is 2. The molecule has 22 heavy (non-hydrogen) atoms. The van der Waals surface area contributed by atoms with Crippen molar-refractivity contribution in [2.24, 2.45) is 5.10 Å². The van der Waals surface area contributed by atoms with Crippen LogP contribution in [0.1, 0.15) is 21.5 Å². The SMILES string of the molecule is O=C(N/N=C/c1ccc(Br)cc1)c1ccc(C(F)(F)F)cc1. The van der Waals surface area contributed by atoms with E-state index in [-0.39, 0.29) is 5.56 Å². The van der Waals surface area contributed by atoms with E-state index >= 15 is 0 Å². The molecule has 0 aliphatic heterocycles. The first-order chi connectivity index (χ1) is 10.4. The highest BCUT2D eigenvalue weighted by molar-refractivity contribution is 9.10. The van der Waals surface area contributed by atoms with E-state index in [0.717, 1.165) is 34.3 Å². The molecule has 1 N–H and O–H groups in total. The molecule has 7 heteroatoms. The summed E-state index contributed by atoms with van der Waals surface area (Å²) < 4.78 is 38.2. The molecule has 114 valence electrons. The van der Waals surface area contributed by atoms with Crippen molar-refractivity contribution in [3.8, 4) is 0 Å². The molecule has 0 unspecified atom stereocenters. The maximum Gasteiger partial charge on any atom is 0.416 e. The van der Waals surface area contributed by atoms with Crippen LogP contribution in [0.5, 0.6) is 0 Å². The zero-order chi connectivity index (χ0) is 16.2. The maximum atomic E-state index is 12.4. The predicted octanol–water partition coefficient (Wildman–Crippen LogP) is 4.23. The first-order valence-electron chi connectivity index (χ1n) is 6.12. The Bertz CT molecular complexity index is 679. The first kappa shape index (κ1) is 16.2. The van der Waals surface area contributed by atoms with Crippen LogP contribution in [-0.2, 0) is 6.18 Å². The van der Waals surface area contributed by atoms with Crippen LogP contribution in [0.3, 0.4) is 0 Å². The number of hydrazone groups is 1. The molecule has 0 saturated carbocycles. The Morgan fingerprint density at radius 1 is 1.05 bits per heavy atom. The van der Waals surface area contributed by atoms with Crippen LogP contribution in [-0.4, -0.2) is 12.1 Å². The van der Waals surface area contributed by atoms with E-state index in [0.29, 0.717) is 0 Å². The van der Waals surface area contributed by atoms with Crippen LogP contribution in [0.2, 0.25) is 0 Å². The van der Waals surface area contributed by atoms with Gasteiger partial charge in [0.05, 0.1) is 11.8 Å². The van der Waals surface area contributed by atoms with Gasteiger partial charge in [-0.1, -0.05) is 28.1 Å². The molecule has 1 amide bonds. The van der Waals surface area contributed by atoms with Crippen molar-refractivity contribution in [1.29, 1.82) is 0 Å². The van der Waals surface area contributed by atoms with Crippen molar-refractivity contribution >= 4 is 28.1 Å². The molecular formula is C15H10BrF3N2O. The van der Waals surface area contributed by atoms with Gasteiger partial charge in [0.15, 0.2) is 0 Å². The number of carbonyl (C=O) groups excluding carboxylic acids is 1. The van der Waals surface area contributed by atoms with Gasteiger partial charge in [0, 0.05) is 10.0 Å². The maximum absolute atomic E-state index is 12.4. The molecule has 3 nitrogen and oxygen atoms in total. The van der Waals surface area contributed by atoms with E-state index in [4.69, 9.17) is 0 Å². The van der Waals surface area contributed by atoms with Crippen molar-refractivity contribution in [1.82, 2.24) is 5.43 Å². The van der Waals surface area contributed by atoms with Crippen LogP contribution in [0.15, 0.2) is 58.1 Å². The van der Waals surface area contributed by atoms with E-state index in [9.17, 15) is 18.0 Å². The summed E-state index contributed by atoms with van der Waals surface area (Å²) in [6.45, 7) is 0. The second-order valence-electron chi connectivity index (χ2n) is 4.33. The van der Waals surface area contributed by atoms with Gasteiger partial charge in [-0.2, -0.15) is 18.3 Å². The molecular weight excluding hydrogens is 361 g/mol. The molecule has 0 atom stereocenters. The zero-order valence-electron chi connectivity index (χ0n) is 11.1. The summed E-state index contributed by atoms with van der Waals surface area (Å²) in [6.07, 6.45) is -2.98. The summed E-state index contributed by atoms with van der Waals surface area (Å²) >= 11 is 3.29. The lowest BCUT2D eigenvalue weighted by Gasteiger charge is -2.06. The minimum atomic E-state index is -4.42. The van der Waals surface area contributed by atoms with Gasteiger partial charge in [-0.15, -0.1) is 0 Å². The van der Waals surface area contributed by atoms with Gasteiger partial charge in [0.1, 0.15) is 0 Å². The van der Waals surface area contributed by atoms with Crippen LogP contribution < -0.4 is 5.43 Å². The molecule has 0 saturated heterocycles. The van der Waals surface area contributed by atoms with Gasteiger partial charge in [-0.25, -0.2) is 5.43 Å². The topological polar surface area (TPSA) is 41.5 Å². The average Bonchev–Trinajstić information content (AvgIpc) is 2.48. The standard InChI is InChI=1S/C15H10BrF3N2O/c16-13-7-1-10(2-8-13)9-20-21-14(22)11-3-5-12(6-4-11)15(17,18)19/h1-9H,(H,21,22)/b20-9+. The Balaban J connectivity index is 1.99. The molecule has 0 radical (unpaired) electrons. The van der Waals surface area contributed by atoms with Gasteiger partial charge >= 0.3 is 6.18 Å². The molecule has 2 aromatic rings. The Hall–Kier alpha value is -2.15. The van der Waals surface area contributed by atoms with Crippen LogP contribution in [0.25, 0.3) is 0 Å². The quantitative estimate of drug-likeness (QED) is 0.637.